The topological polar surface area (TPSA) is 85.4 Å². The molecule has 1 aromatic carbocycles. The quantitative estimate of drug-likeness (QED) is 0.645. The van der Waals surface area contributed by atoms with Crippen LogP contribution in [0.3, 0.4) is 0 Å². The number of thioether (sulfide) groups is 1. The molecule has 0 aliphatic heterocycles. The van der Waals surface area contributed by atoms with Gasteiger partial charge in [-0.2, -0.15) is 0 Å². The first kappa shape index (κ1) is 19.3. The SMILES string of the molecule is CCNc1nnc(SCC(=O)N[C@@H](C)c2cc(OC)ccc2OC)s1. The molecule has 2 rings (SSSR count). The second-order valence-electron chi connectivity index (χ2n) is 5.09. The van der Waals surface area contributed by atoms with Crippen molar-refractivity contribution in [2.45, 2.75) is 24.2 Å². The van der Waals surface area contributed by atoms with Gasteiger partial charge in [0.15, 0.2) is 4.34 Å². The van der Waals surface area contributed by atoms with Crippen LogP contribution < -0.4 is 20.1 Å². The Morgan fingerprint density at radius 1 is 1.32 bits per heavy atom. The molecule has 25 heavy (non-hydrogen) atoms. The molecule has 1 heterocycles. The lowest BCUT2D eigenvalue weighted by atomic mass is 10.1. The summed E-state index contributed by atoms with van der Waals surface area (Å²) < 4.78 is 11.4. The number of hydrogen-bond acceptors (Lipinski definition) is 8. The van der Waals surface area contributed by atoms with E-state index in [4.69, 9.17) is 9.47 Å². The molecule has 1 amide bonds. The minimum absolute atomic E-state index is 0.0810. The lowest BCUT2D eigenvalue weighted by Crippen LogP contribution is -2.28. The molecular weight excluding hydrogens is 360 g/mol. The highest BCUT2D eigenvalue weighted by Gasteiger charge is 2.16. The number of nitrogens with zero attached hydrogens (tertiary/aromatic N) is 2. The summed E-state index contributed by atoms with van der Waals surface area (Å²) in [6.45, 7) is 4.70. The van der Waals surface area contributed by atoms with Crippen molar-refractivity contribution in [1.29, 1.82) is 0 Å². The largest absolute Gasteiger partial charge is 0.497 e. The molecule has 0 aliphatic carbocycles. The Morgan fingerprint density at radius 3 is 2.80 bits per heavy atom. The summed E-state index contributed by atoms with van der Waals surface area (Å²) in [6, 6.07) is 5.31. The second kappa shape index (κ2) is 9.47. The zero-order chi connectivity index (χ0) is 18.2. The lowest BCUT2D eigenvalue weighted by Gasteiger charge is -2.18. The number of carbonyl (C=O) groups is 1. The molecule has 0 spiro atoms. The molecule has 2 N–H and O–H groups in total. The number of carbonyl (C=O) groups excluding carboxylic acids is 1. The molecule has 1 aromatic heterocycles. The van der Waals surface area contributed by atoms with Gasteiger partial charge in [0.25, 0.3) is 0 Å². The molecule has 7 nitrogen and oxygen atoms in total. The van der Waals surface area contributed by atoms with E-state index >= 15 is 0 Å². The fraction of sp³-hybridized carbons (Fsp3) is 0.438. The number of anilines is 1. The van der Waals surface area contributed by atoms with Gasteiger partial charge in [-0.25, -0.2) is 0 Å². The number of hydrogen-bond donors (Lipinski definition) is 2. The molecule has 0 bridgehead atoms. The van der Waals surface area contributed by atoms with Gasteiger partial charge in [-0.1, -0.05) is 23.1 Å². The molecule has 2 aromatic rings. The van der Waals surface area contributed by atoms with Gasteiger partial charge in [0, 0.05) is 12.1 Å². The number of amides is 1. The maximum Gasteiger partial charge on any atom is 0.230 e. The van der Waals surface area contributed by atoms with Crippen molar-refractivity contribution in [3.8, 4) is 11.5 Å². The van der Waals surface area contributed by atoms with Crippen molar-refractivity contribution in [3.05, 3.63) is 23.8 Å². The fourth-order valence-corrected chi connectivity index (χ4v) is 3.79. The van der Waals surface area contributed by atoms with Gasteiger partial charge < -0.3 is 20.1 Å². The first-order chi connectivity index (χ1) is 12.1. The van der Waals surface area contributed by atoms with E-state index < -0.39 is 0 Å². The van der Waals surface area contributed by atoms with Crippen molar-refractivity contribution in [2.75, 3.05) is 31.8 Å². The van der Waals surface area contributed by atoms with Crippen LogP contribution in [0.1, 0.15) is 25.5 Å². The molecule has 0 aliphatic rings. The number of nitrogens with one attached hydrogen (secondary N) is 2. The van der Waals surface area contributed by atoms with Gasteiger partial charge in [0.2, 0.25) is 11.0 Å². The summed E-state index contributed by atoms with van der Waals surface area (Å²) in [4.78, 5) is 12.2. The van der Waals surface area contributed by atoms with Crippen molar-refractivity contribution in [1.82, 2.24) is 15.5 Å². The highest BCUT2D eigenvalue weighted by atomic mass is 32.2. The Bertz CT molecular complexity index is 708. The van der Waals surface area contributed by atoms with Crippen LogP contribution in [0.2, 0.25) is 0 Å². The van der Waals surface area contributed by atoms with E-state index in [-0.39, 0.29) is 17.7 Å². The Balaban J connectivity index is 1.93. The van der Waals surface area contributed by atoms with Crippen LogP contribution in [0, 0.1) is 0 Å². The average Bonchev–Trinajstić information content (AvgIpc) is 3.07. The normalized spacial score (nSPS) is 11.7. The summed E-state index contributed by atoms with van der Waals surface area (Å²) in [5, 5.41) is 14.9. The van der Waals surface area contributed by atoms with Crippen molar-refractivity contribution >= 4 is 34.1 Å². The molecule has 0 unspecified atom stereocenters. The predicted molar refractivity (Wildman–Crippen MR) is 101 cm³/mol. The van der Waals surface area contributed by atoms with Crippen LogP contribution in [0.5, 0.6) is 11.5 Å². The molecule has 1 atom stereocenters. The number of ether oxygens (including phenoxy) is 2. The molecule has 0 saturated carbocycles. The van der Waals surface area contributed by atoms with E-state index in [9.17, 15) is 4.79 Å². The van der Waals surface area contributed by atoms with E-state index in [0.29, 0.717) is 5.75 Å². The van der Waals surface area contributed by atoms with E-state index in [1.54, 1.807) is 14.2 Å². The zero-order valence-corrected chi connectivity index (χ0v) is 16.3. The van der Waals surface area contributed by atoms with E-state index in [1.165, 1.54) is 23.1 Å². The summed E-state index contributed by atoms with van der Waals surface area (Å²) in [7, 11) is 3.21. The maximum atomic E-state index is 12.2. The van der Waals surface area contributed by atoms with Gasteiger partial charge >= 0.3 is 0 Å². The predicted octanol–water partition coefficient (Wildman–Crippen LogP) is 2.96. The third-order valence-electron chi connectivity index (χ3n) is 3.34. The van der Waals surface area contributed by atoms with Gasteiger partial charge in [-0.15, -0.1) is 10.2 Å². The number of methoxy groups -OCH3 is 2. The molecular formula is C16H22N4O3S2. The summed E-state index contributed by atoms with van der Waals surface area (Å²) >= 11 is 2.81. The monoisotopic (exact) mass is 382 g/mol. The average molecular weight is 383 g/mol. The van der Waals surface area contributed by atoms with Gasteiger partial charge in [-0.3, -0.25) is 4.79 Å². The summed E-state index contributed by atoms with van der Waals surface area (Å²) in [6.07, 6.45) is 0. The fourth-order valence-electron chi connectivity index (χ4n) is 2.16. The molecule has 0 saturated heterocycles. The van der Waals surface area contributed by atoms with Crippen LogP contribution in [-0.4, -0.2) is 42.6 Å². The summed E-state index contributed by atoms with van der Waals surface area (Å²) in [5.41, 5.74) is 0.866. The van der Waals surface area contributed by atoms with Crippen molar-refractivity contribution < 1.29 is 14.3 Å². The van der Waals surface area contributed by atoms with Gasteiger partial charge in [-0.05, 0) is 32.0 Å². The standard InChI is InChI=1S/C16H22N4O3S2/c1-5-17-15-19-20-16(25-15)24-9-14(21)18-10(2)12-8-11(22-3)6-7-13(12)23-4/h6-8,10H,5,9H2,1-4H3,(H,17,19)(H,18,21)/t10-/m0/s1. The number of aromatic nitrogens is 2. The number of benzene rings is 1. The van der Waals surface area contributed by atoms with Crippen LogP contribution >= 0.6 is 23.1 Å². The zero-order valence-electron chi connectivity index (χ0n) is 14.7. The van der Waals surface area contributed by atoms with Gasteiger partial charge in [0.1, 0.15) is 11.5 Å². The smallest absolute Gasteiger partial charge is 0.230 e. The van der Waals surface area contributed by atoms with E-state index in [1.807, 2.05) is 32.0 Å². The third kappa shape index (κ3) is 5.50. The van der Waals surface area contributed by atoms with Crippen LogP contribution in [0.15, 0.2) is 22.5 Å². The van der Waals surface area contributed by atoms with Crippen LogP contribution in [0.25, 0.3) is 0 Å². The molecule has 136 valence electrons. The maximum absolute atomic E-state index is 12.2. The molecule has 0 radical (unpaired) electrons. The third-order valence-corrected chi connectivity index (χ3v) is 5.36. The van der Waals surface area contributed by atoms with Gasteiger partial charge in [0.05, 0.1) is 26.0 Å². The second-order valence-corrected chi connectivity index (χ2v) is 7.29. The van der Waals surface area contributed by atoms with Crippen molar-refractivity contribution in [3.63, 3.8) is 0 Å². The Morgan fingerprint density at radius 2 is 2.12 bits per heavy atom. The highest BCUT2D eigenvalue weighted by molar-refractivity contribution is 8.01. The molecule has 0 fully saturated rings. The Labute approximate surface area is 155 Å². The first-order valence-electron chi connectivity index (χ1n) is 7.78. The highest BCUT2D eigenvalue weighted by Crippen LogP contribution is 2.29. The Hall–Kier alpha value is -2.00. The number of rotatable bonds is 9. The minimum atomic E-state index is -0.204. The lowest BCUT2D eigenvalue weighted by molar-refractivity contribution is -0.119. The summed E-state index contributed by atoms with van der Waals surface area (Å²) in [5.74, 6) is 1.62. The van der Waals surface area contributed by atoms with Crippen molar-refractivity contribution in [2.24, 2.45) is 0 Å². The van der Waals surface area contributed by atoms with E-state index in [0.717, 1.165) is 27.3 Å². The first-order valence-corrected chi connectivity index (χ1v) is 9.59. The van der Waals surface area contributed by atoms with E-state index in [2.05, 4.69) is 20.8 Å². The molecule has 9 heteroatoms. The van der Waals surface area contributed by atoms with Crippen LogP contribution in [0.4, 0.5) is 5.13 Å². The minimum Gasteiger partial charge on any atom is -0.497 e. The Kier molecular flexibility index (Phi) is 7.32. The van der Waals surface area contributed by atoms with Crippen LogP contribution in [-0.2, 0) is 4.79 Å².